The van der Waals surface area contributed by atoms with E-state index in [1.165, 1.54) is 44.3 Å². The Balaban J connectivity index is 0.714. The van der Waals surface area contributed by atoms with Crippen LogP contribution in [0.4, 0.5) is 0 Å². The van der Waals surface area contributed by atoms with Gasteiger partial charge in [-0.2, -0.15) is 0 Å². The molecule has 10 heteroatoms. The molecule has 0 amide bonds. The third kappa shape index (κ3) is 19.2. The molecule has 94 heavy (non-hydrogen) atoms. The van der Waals surface area contributed by atoms with Crippen molar-refractivity contribution in [1.29, 1.82) is 0 Å². The lowest BCUT2D eigenvalue weighted by Gasteiger charge is -2.17. The van der Waals surface area contributed by atoms with E-state index in [9.17, 15) is 0 Å². The first kappa shape index (κ1) is 64.8. The Bertz CT molecular complexity index is 3860. The second kappa shape index (κ2) is 34.6. The number of aromatic nitrogens is 6. The molecule has 480 valence electrons. The van der Waals surface area contributed by atoms with Crippen molar-refractivity contribution < 1.29 is 18.9 Å². The van der Waals surface area contributed by atoms with E-state index in [0.29, 0.717) is 32.1 Å². The Morgan fingerprint density at radius 1 is 0.245 bits per heavy atom. The molecular formula is C84H90N6O4. The van der Waals surface area contributed by atoms with Crippen LogP contribution in [0.1, 0.15) is 151 Å². The van der Waals surface area contributed by atoms with Crippen LogP contribution in [0, 0.1) is 0 Å². The van der Waals surface area contributed by atoms with Gasteiger partial charge in [-0.05, 0) is 174 Å². The highest BCUT2D eigenvalue weighted by Crippen LogP contribution is 2.40. The number of ether oxygens (including phenoxy) is 4. The Morgan fingerprint density at radius 3 is 0.915 bits per heavy atom. The number of unbranched alkanes of at least 4 members (excludes halogenated alkanes) is 16. The topological polar surface area (TPSA) is 114 Å². The van der Waals surface area contributed by atoms with Crippen LogP contribution in [0.15, 0.2) is 206 Å². The van der Waals surface area contributed by atoms with E-state index in [1.807, 2.05) is 12.3 Å². The molecule has 0 saturated carbocycles. The quantitative estimate of drug-likeness (QED) is 0.0347. The molecule has 12 rings (SSSR count). The fourth-order valence-corrected chi connectivity index (χ4v) is 12.7. The van der Waals surface area contributed by atoms with Crippen LogP contribution in [0.2, 0.25) is 0 Å². The first-order valence-corrected chi connectivity index (χ1v) is 35.1. The highest BCUT2D eigenvalue weighted by molar-refractivity contribution is 5.91. The minimum Gasteiger partial charge on any atom is -0.493 e. The molecule has 6 aromatic heterocycles. The zero-order valence-electron chi connectivity index (χ0n) is 54.7. The first-order valence-electron chi connectivity index (χ1n) is 35.1. The summed E-state index contributed by atoms with van der Waals surface area (Å²) in [6, 6.07) is 69.9. The standard InChI is InChI=1S/C84H90N6O4/c1(5-13-35-70-47-43-63-30-17-21-39-79(63)86-70)9-25-52-91-74-56-68(57-75(61-74)92-53-26-10-2-6-14-36-71-48-44-64-31-18-22-40-80(64)87-71)78-60-67-34-29-51-85-84(67)90-83(78)69-58-76(93-54-27-11-3-7-15-37-72-49-45-65-32-19-23-41-81(65)88-72)62-77(59-69)94-55-28-12-4-8-16-38-73-50-46-66-33-20-24-42-82(66)89-73/h17-24,29-34,39-51,56-62H,1-16,25-28,35-38,52-55H2. The van der Waals surface area contributed by atoms with Crippen LogP contribution in [-0.4, -0.2) is 56.3 Å². The lowest BCUT2D eigenvalue weighted by atomic mass is 9.97. The van der Waals surface area contributed by atoms with Crippen molar-refractivity contribution in [3.63, 3.8) is 0 Å². The van der Waals surface area contributed by atoms with Gasteiger partial charge in [-0.1, -0.05) is 174 Å². The van der Waals surface area contributed by atoms with Gasteiger partial charge in [0.2, 0.25) is 0 Å². The van der Waals surface area contributed by atoms with Crippen LogP contribution in [0.25, 0.3) is 77.0 Å². The van der Waals surface area contributed by atoms with Crippen LogP contribution in [0.5, 0.6) is 23.0 Å². The van der Waals surface area contributed by atoms with Crippen LogP contribution < -0.4 is 18.9 Å². The number of hydrogen-bond acceptors (Lipinski definition) is 10. The summed E-state index contributed by atoms with van der Waals surface area (Å²) in [5, 5.41) is 5.71. The van der Waals surface area contributed by atoms with Crippen molar-refractivity contribution in [2.45, 2.75) is 154 Å². The largest absolute Gasteiger partial charge is 0.493 e. The molecule has 12 aromatic rings. The van der Waals surface area contributed by atoms with E-state index in [4.69, 9.17) is 48.9 Å². The minimum absolute atomic E-state index is 0.606. The van der Waals surface area contributed by atoms with Crippen molar-refractivity contribution in [2.24, 2.45) is 0 Å². The van der Waals surface area contributed by atoms with Gasteiger partial charge in [0, 0.05) is 79.2 Å². The minimum atomic E-state index is 0.606. The van der Waals surface area contributed by atoms with Crippen molar-refractivity contribution in [3.05, 3.63) is 229 Å². The molecule has 0 fully saturated rings. The number of fused-ring (bicyclic) bond motifs is 5. The predicted molar refractivity (Wildman–Crippen MR) is 387 cm³/mol. The molecule has 0 atom stereocenters. The summed E-state index contributed by atoms with van der Waals surface area (Å²) in [6.07, 6.45) is 27.7. The number of benzene rings is 6. The number of pyridine rings is 6. The lowest BCUT2D eigenvalue weighted by Crippen LogP contribution is -2.02. The normalized spacial score (nSPS) is 11.5. The summed E-state index contributed by atoms with van der Waals surface area (Å²) in [5.41, 5.74) is 13.2. The highest BCUT2D eigenvalue weighted by atomic mass is 16.5. The molecule has 0 spiro atoms. The molecule has 0 radical (unpaired) electrons. The molecule has 0 N–H and O–H groups in total. The van der Waals surface area contributed by atoms with Gasteiger partial charge in [-0.3, -0.25) is 19.9 Å². The van der Waals surface area contributed by atoms with Crippen molar-refractivity contribution in [3.8, 4) is 45.4 Å². The first-order chi connectivity index (χ1) is 46.6. The smallest absolute Gasteiger partial charge is 0.159 e. The molecule has 0 aliphatic heterocycles. The maximum atomic E-state index is 6.70. The Morgan fingerprint density at radius 2 is 0.553 bits per heavy atom. The molecule has 0 bridgehead atoms. The van der Waals surface area contributed by atoms with Crippen LogP contribution in [0.3, 0.4) is 0 Å². The van der Waals surface area contributed by atoms with Gasteiger partial charge >= 0.3 is 0 Å². The van der Waals surface area contributed by atoms with E-state index in [-0.39, 0.29) is 0 Å². The van der Waals surface area contributed by atoms with Gasteiger partial charge in [0.15, 0.2) is 5.65 Å². The fraction of sp³-hybridized carbons (Fsp3) is 0.333. The molecular weight excluding hydrogens is 1160 g/mol. The molecule has 0 aliphatic carbocycles. The Labute approximate surface area is 555 Å². The molecule has 6 aromatic carbocycles. The van der Waals surface area contributed by atoms with Gasteiger partial charge in [0.1, 0.15) is 23.0 Å². The maximum absolute atomic E-state index is 6.70. The van der Waals surface area contributed by atoms with Gasteiger partial charge in [-0.25, -0.2) is 9.97 Å². The van der Waals surface area contributed by atoms with Crippen molar-refractivity contribution in [2.75, 3.05) is 26.4 Å². The summed E-state index contributed by atoms with van der Waals surface area (Å²) < 4.78 is 26.8. The maximum Gasteiger partial charge on any atom is 0.159 e. The SMILES string of the molecule is c1ccc2nc(CCCCCCCOc3cc(OCCCCCCCc4ccc5ccccc5n4)cc(-c4cc5cccnc5nc4-c4cc(OCCCCCCCc5ccc6ccccc6n5)cc(OCCCCCCCc5ccc6ccccc6n5)c4)c3)ccc2c1. The summed E-state index contributed by atoms with van der Waals surface area (Å²) in [7, 11) is 0. The molecule has 10 nitrogen and oxygen atoms in total. The Hall–Kier alpha value is -9.28. The third-order valence-corrected chi connectivity index (χ3v) is 17.9. The summed E-state index contributed by atoms with van der Waals surface area (Å²) in [6.45, 7) is 2.44. The van der Waals surface area contributed by atoms with E-state index in [1.54, 1.807) is 0 Å². The second-order valence-electron chi connectivity index (χ2n) is 25.3. The van der Waals surface area contributed by atoms with Gasteiger partial charge in [0.25, 0.3) is 0 Å². The highest BCUT2D eigenvalue weighted by Gasteiger charge is 2.18. The van der Waals surface area contributed by atoms with Crippen molar-refractivity contribution in [1.82, 2.24) is 29.9 Å². The van der Waals surface area contributed by atoms with E-state index < -0.39 is 0 Å². The number of rotatable bonds is 38. The number of nitrogens with zero attached hydrogens (tertiary/aromatic N) is 6. The lowest BCUT2D eigenvalue weighted by molar-refractivity contribution is 0.289. The molecule has 0 saturated heterocycles. The second-order valence-corrected chi connectivity index (χ2v) is 25.3. The summed E-state index contributed by atoms with van der Waals surface area (Å²) in [4.78, 5) is 29.8. The average Bonchev–Trinajstić information content (AvgIpc) is 0.783. The van der Waals surface area contributed by atoms with E-state index in [2.05, 4.69) is 194 Å². The molecule has 0 aliphatic rings. The average molecular weight is 1250 g/mol. The monoisotopic (exact) mass is 1250 g/mol. The fourth-order valence-electron chi connectivity index (χ4n) is 12.7. The Kier molecular flexibility index (Phi) is 23.8. The summed E-state index contributed by atoms with van der Waals surface area (Å²) in [5.74, 6) is 3.10. The predicted octanol–water partition coefficient (Wildman–Crippen LogP) is 21.4. The molecule has 0 unspecified atom stereocenters. The van der Waals surface area contributed by atoms with Crippen LogP contribution >= 0.6 is 0 Å². The van der Waals surface area contributed by atoms with E-state index in [0.717, 1.165) is 227 Å². The number of hydrogen-bond donors (Lipinski definition) is 0. The van der Waals surface area contributed by atoms with Crippen molar-refractivity contribution >= 4 is 54.6 Å². The molecule has 6 heterocycles. The number of para-hydroxylation sites is 4. The third-order valence-electron chi connectivity index (χ3n) is 17.9. The van der Waals surface area contributed by atoms with Gasteiger partial charge < -0.3 is 18.9 Å². The van der Waals surface area contributed by atoms with Gasteiger partial charge in [-0.15, -0.1) is 0 Å². The summed E-state index contributed by atoms with van der Waals surface area (Å²) >= 11 is 0. The van der Waals surface area contributed by atoms with Crippen LogP contribution in [-0.2, 0) is 25.7 Å². The van der Waals surface area contributed by atoms with E-state index >= 15 is 0 Å². The van der Waals surface area contributed by atoms with Gasteiger partial charge in [0.05, 0.1) is 54.2 Å². The number of aryl methyl sites for hydroxylation is 4. The zero-order valence-corrected chi connectivity index (χ0v) is 54.7. The zero-order chi connectivity index (χ0) is 63.6.